The van der Waals surface area contributed by atoms with Gasteiger partial charge < -0.3 is 9.05 Å². The van der Waals surface area contributed by atoms with E-state index in [0.29, 0.717) is 18.9 Å². The van der Waals surface area contributed by atoms with Gasteiger partial charge in [0.15, 0.2) is 0 Å². The highest BCUT2D eigenvalue weighted by Crippen LogP contribution is 2.68. The first-order valence-electron chi connectivity index (χ1n) is 19.2. The van der Waals surface area contributed by atoms with Gasteiger partial charge in [-0.05, 0) is 48.9 Å². The van der Waals surface area contributed by atoms with Crippen molar-refractivity contribution in [2.24, 2.45) is 11.8 Å². The number of hydrogen-bond acceptors (Lipinski definition) is 6. The Kier molecular flexibility index (Phi) is 20.5. The summed E-state index contributed by atoms with van der Waals surface area (Å²) >= 11 is 0. The molecule has 0 amide bonds. The van der Waals surface area contributed by atoms with E-state index in [1.54, 1.807) is 0 Å². The van der Waals surface area contributed by atoms with Crippen LogP contribution in [-0.4, -0.2) is 21.3 Å². The van der Waals surface area contributed by atoms with Crippen LogP contribution in [0.5, 0.6) is 11.5 Å². The topological polar surface area (TPSA) is 88.4 Å². The Morgan fingerprint density at radius 1 is 0.500 bits per heavy atom. The third-order valence-electron chi connectivity index (χ3n) is 9.05. The van der Waals surface area contributed by atoms with Crippen LogP contribution < -0.4 is 9.05 Å². The predicted molar refractivity (Wildman–Crippen MR) is 219 cm³/mol. The van der Waals surface area contributed by atoms with Crippen LogP contribution in [0.2, 0.25) is 0 Å². The zero-order valence-corrected chi connectivity index (χ0v) is 33.6. The summed E-state index contributed by atoms with van der Waals surface area (Å²) in [4.78, 5) is 31.6. The molecule has 8 heteroatoms. The molecule has 0 saturated carbocycles. The second kappa shape index (κ2) is 24.5. The van der Waals surface area contributed by atoms with Gasteiger partial charge in [-0.15, -0.1) is 0 Å². The Morgan fingerprint density at radius 2 is 0.865 bits per heavy atom. The number of unbranched alkanes of at least 4 members (excludes halogenated alkanes) is 7. The summed E-state index contributed by atoms with van der Waals surface area (Å²) in [7, 11) is -5.62. The highest BCUT2D eigenvalue weighted by molar-refractivity contribution is 7.60. The zero-order chi connectivity index (χ0) is 37.5. The van der Waals surface area contributed by atoms with Crippen LogP contribution in [0.3, 0.4) is 0 Å². The molecule has 284 valence electrons. The van der Waals surface area contributed by atoms with Gasteiger partial charge in [0, 0.05) is 17.5 Å². The summed E-state index contributed by atoms with van der Waals surface area (Å²) in [6.45, 7) is 9.71. The largest absolute Gasteiger partial charge is 0.463 e. The molecule has 0 saturated heterocycles. The number of rotatable bonds is 23. The average molecular weight is 750 g/mol. The lowest BCUT2D eigenvalue weighted by molar-refractivity contribution is 0.258. The van der Waals surface area contributed by atoms with Gasteiger partial charge in [0.1, 0.15) is 11.5 Å². The molecule has 4 aromatic rings. The van der Waals surface area contributed by atoms with E-state index in [2.05, 4.69) is 27.7 Å². The second-order valence-corrected chi connectivity index (χ2v) is 17.3. The van der Waals surface area contributed by atoms with Crippen LogP contribution >= 0.6 is 16.5 Å². The molecule has 0 radical (unpaired) electrons. The van der Waals surface area contributed by atoms with E-state index in [4.69, 9.17) is 13.6 Å². The third kappa shape index (κ3) is 16.0. The molecule has 0 aliphatic carbocycles. The van der Waals surface area contributed by atoms with E-state index in [9.17, 15) is 14.7 Å². The molecule has 0 spiro atoms. The van der Waals surface area contributed by atoms with Gasteiger partial charge in [0.2, 0.25) is 5.16 Å². The summed E-state index contributed by atoms with van der Waals surface area (Å²) in [6, 6.07) is 38.2. The van der Waals surface area contributed by atoms with Crippen molar-refractivity contribution in [1.29, 1.82) is 0 Å². The monoisotopic (exact) mass is 749 g/mol. The number of benzene rings is 4. The molecule has 3 N–H and O–H groups in total. The van der Waals surface area contributed by atoms with Gasteiger partial charge in [-0.3, -0.25) is 4.52 Å². The van der Waals surface area contributed by atoms with Gasteiger partial charge in [-0.2, -0.15) is 14.7 Å². The fourth-order valence-corrected chi connectivity index (χ4v) is 8.65. The lowest BCUT2D eigenvalue weighted by Crippen LogP contribution is -2.31. The van der Waals surface area contributed by atoms with E-state index >= 15 is 0 Å². The lowest BCUT2D eigenvalue weighted by atomic mass is 9.85. The molecular weight excluding hydrogens is 686 g/mol. The Hall–Kier alpha value is -2.82. The molecule has 0 aromatic heterocycles. The smallest absolute Gasteiger partial charge is 0.418 e. The summed E-state index contributed by atoms with van der Waals surface area (Å²) < 4.78 is 17.7. The minimum atomic E-state index is -4.17. The van der Waals surface area contributed by atoms with Gasteiger partial charge in [0.05, 0.1) is 6.61 Å². The summed E-state index contributed by atoms with van der Waals surface area (Å²) in [5, 5.41) is -1.16. The fourth-order valence-electron chi connectivity index (χ4n) is 6.20. The highest BCUT2D eigenvalue weighted by atomic mass is 31.2. The minimum Gasteiger partial charge on any atom is -0.418 e. The highest BCUT2D eigenvalue weighted by Gasteiger charge is 2.60. The van der Waals surface area contributed by atoms with E-state index in [-0.39, 0.29) is 0 Å². The van der Waals surface area contributed by atoms with Crippen LogP contribution in [0, 0.1) is 11.8 Å². The van der Waals surface area contributed by atoms with Crippen LogP contribution in [-0.2, 0) is 9.68 Å². The Labute approximate surface area is 316 Å². The van der Waals surface area contributed by atoms with E-state index < -0.39 is 21.7 Å². The molecule has 0 aliphatic heterocycles. The molecule has 0 bridgehead atoms. The van der Waals surface area contributed by atoms with Gasteiger partial charge >= 0.3 is 16.5 Å². The van der Waals surface area contributed by atoms with Crippen LogP contribution in [0.25, 0.3) is 0 Å². The lowest BCUT2D eigenvalue weighted by Gasteiger charge is -2.33. The first kappa shape index (κ1) is 43.6. The Bertz CT molecular complexity index is 1350. The quantitative estimate of drug-likeness (QED) is 0.0517. The number of hydrogen-bond donors (Lipinski definition) is 3. The van der Waals surface area contributed by atoms with Crippen molar-refractivity contribution >= 4 is 16.5 Å². The van der Waals surface area contributed by atoms with Crippen LogP contribution in [0.1, 0.15) is 116 Å². The first-order chi connectivity index (χ1) is 25.1. The molecule has 52 heavy (non-hydrogen) atoms. The molecule has 0 unspecified atom stereocenters. The van der Waals surface area contributed by atoms with Crippen molar-refractivity contribution in [3.63, 3.8) is 0 Å². The normalized spacial score (nSPS) is 11.8. The molecule has 6 nitrogen and oxygen atoms in total. The molecule has 0 heterocycles. The maximum absolute atomic E-state index is 10.5. The van der Waals surface area contributed by atoms with Crippen molar-refractivity contribution < 1.29 is 28.3 Å². The Morgan fingerprint density at radius 3 is 1.27 bits per heavy atom. The molecule has 0 aliphatic rings. The fraction of sp³-hybridized carbons (Fsp3) is 0.455. The van der Waals surface area contributed by atoms with E-state index in [1.807, 2.05) is 121 Å². The maximum atomic E-state index is 10.5. The van der Waals surface area contributed by atoms with Gasteiger partial charge in [0.25, 0.3) is 0 Å². The van der Waals surface area contributed by atoms with Crippen molar-refractivity contribution in [3.05, 3.63) is 132 Å². The van der Waals surface area contributed by atoms with Gasteiger partial charge in [-0.25, -0.2) is 0 Å². The van der Waals surface area contributed by atoms with Crippen molar-refractivity contribution in [2.45, 2.75) is 110 Å². The number of para-hydroxylation sites is 2. The zero-order valence-electron chi connectivity index (χ0n) is 31.9. The van der Waals surface area contributed by atoms with Crippen LogP contribution in [0.4, 0.5) is 0 Å². The van der Waals surface area contributed by atoms with E-state index in [1.165, 1.54) is 44.9 Å². The molecular formula is C44H63O6P2+. The minimum absolute atomic E-state index is 0.514. The molecule has 4 aromatic carbocycles. The first-order valence-corrected chi connectivity index (χ1v) is 21.9. The summed E-state index contributed by atoms with van der Waals surface area (Å²) in [5.41, 5.74) is 1.52. The van der Waals surface area contributed by atoms with Crippen molar-refractivity contribution in [1.82, 2.24) is 0 Å². The third-order valence-corrected chi connectivity index (χ3v) is 11.9. The second-order valence-electron chi connectivity index (χ2n) is 14.3. The standard InChI is InChI=1S/C22H32O3P.C22H31O3P/c1-19(2)13-7-3-4-12-18-22(26(23,24)25,20-14-8-5-9-15-20)21-16-10-6-11-17-21;1-20(2)14-8-4-3-5-13-19-23-26(24-21-15-9-6-10-16-21)25-22-17-11-7-12-18-22/h5-6,8-11,14-17,19,23-25H,3-4,7,12-13,18H2,1-2H3;6-7,9-12,15-18,20H,3-5,8,13-14,19H2,1-2H3/q+1;. The average Bonchev–Trinajstić information content (AvgIpc) is 3.13. The summed E-state index contributed by atoms with van der Waals surface area (Å²) in [6.07, 6.45) is 13.4. The molecule has 0 atom stereocenters. The van der Waals surface area contributed by atoms with Crippen LogP contribution in [0.15, 0.2) is 121 Å². The SMILES string of the molecule is CC(C)CCCCCCC(c1ccccc1)(c1ccccc1)[P+](O)(O)O.CC(C)CCCCCCCOP(Oc1ccccc1)Oc1ccccc1. The predicted octanol–water partition coefficient (Wildman–Crippen LogP) is 13.1. The van der Waals surface area contributed by atoms with E-state index in [0.717, 1.165) is 54.2 Å². The van der Waals surface area contributed by atoms with Crippen molar-refractivity contribution in [3.8, 4) is 11.5 Å². The summed E-state index contributed by atoms with van der Waals surface area (Å²) in [5.74, 6) is 3.06. The van der Waals surface area contributed by atoms with Crippen molar-refractivity contribution in [2.75, 3.05) is 6.61 Å². The molecule has 0 fully saturated rings. The Balaban J connectivity index is 0.000000280. The van der Waals surface area contributed by atoms with Gasteiger partial charge in [-0.1, -0.05) is 183 Å². The maximum Gasteiger partial charge on any atom is 0.463 e. The molecule has 4 rings (SSSR count).